The van der Waals surface area contributed by atoms with Crippen molar-refractivity contribution in [2.24, 2.45) is 49.5 Å². The number of amides is 9. The molecular weight excluding hydrogens is 1590 g/mol. The molecule has 0 saturated heterocycles. The summed E-state index contributed by atoms with van der Waals surface area (Å²) in [6.07, 6.45) is 11.1. The van der Waals surface area contributed by atoms with Gasteiger partial charge in [0, 0.05) is 26.1 Å². The van der Waals surface area contributed by atoms with Gasteiger partial charge in [0.05, 0.1) is 36.4 Å². The number of carbonyl (C=O) groups excluding carboxylic acids is 11. The van der Waals surface area contributed by atoms with Gasteiger partial charge in [0.15, 0.2) is 23.4 Å². The Bertz CT molecular complexity index is 3810. The van der Waals surface area contributed by atoms with E-state index in [0.29, 0.717) is 107 Å². The summed E-state index contributed by atoms with van der Waals surface area (Å²) in [4.78, 5) is 181. The predicted molar refractivity (Wildman–Crippen MR) is 454 cm³/mol. The number of carbonyl (C=O) groups is 12. The molecule has 0 saturated carbocycles. The molecule has 682 valence electrons. The summed E-state index contributed by atoms with van der Waals surface area (Å²) in [5.41, 5.74) is 33.9. The number of phenolic OH excluding ortho intramolecular Hbond substituents is 1. The van der Waals surface area contributed by atoms with Crippen LogP contribution in [0.15, 0.2) is 46.9 Å². The number of carboxylic acid groups (broad SMARTS) is 1. The highest BCUT2D eigenvalue weighted by Crippen LogP contribution is 2.48. The lowest BCUT2D eigenvalue weighted by molar-refractivity contribution is -0.162. The van der Waals surface area contributed by atoms with Crippen LogP contribution in [0.1, 0.15) is 230 Å². The van der Waals surface area contributed by atoms with Crippen molar-refractivity contribution in [3.63, 3.8) is 0 Å². The Morgan fingerprint density at radius 2 is 0.860 bits per heavy atom. The summed E-state index contributed by atoms with van der Waals surface area (Å²) in [7, 11) is -3.95. The molecule has 2 heterocycles. The third-order valence-electron chi connectivity index (χ3n) is 18.5. The van der Waals surface area contributed by atoms with Crippen LogP contribution in [0, 0.1) is 10.8 Å². The van der Waals surface area contributed by atoms with E-state index >= 15 is 0 Å². The normalized spacial score (nSPS) is 13.7. The van der Waals surface area contributed by atoms with E-state index < -0.39 is 170 Å². The number of benzene rings is 1. The van der Waals surface area contributed by atoms with Crippen molar-refractivity contribution in [2.45, 2.75) is 292 Å². The standard InChI is InChI=1S/C59H104N16O12.C20H32N5O8P/c1-7-13-22-40(50(79)67-36-48(77)68-47(57(86)87)35-37-29-31-38(76)32-30-37)70-52(81)42(24-15-9-3)72-54(83)44(26-17-11-5)74-56(85)46(28-20-34-66-59(63)64)75-55(84)45(27-18-12-6)73-53(82)43(25-16-10-4)71-51(80)41(23-14-8-2)69-49(78)39(60)21-19-33-65-58(61)62;1-19(2,3)17(26)30-11-32-34(28,33-12-31-18(27)20(4,5)6)13-29-8-7-25-10-24-14-15(21)22-9-23-16(14)25/h29-32,39-47,76H,7-28,33-36,60H2,1-6H3,(H,67,79)(H,68,77)(H,69,78)(H,70,81)(H,71,80)(H,72,83)(H,73,82)(H,74,85)(H,75,84)(H,86,87)(H4,61,62,65)(H4,63,64,66);9-10H,7-8,11-13H2,1-6H3,(H2,21,22,23)/t39-,40-,41-,42-,43-,44-,45-,46-,47-;/m1./s1. The van der Waals surface area contributed by atoms with Gasteiger partial charge in [-0.05, 0) is 123 Å². The molecule has 3 aromatic rings. The van der Waals surface area contributed by atoms with Gasteiger partial charge in [-0.2, -0.15) is 0 Å². The number of nitrogens with zero attached hydrogens (tertiary/aromatic N) is 6. The molecule has 1 aromatic carbocycles. The third kappa shape index (κ3) is 43.1. The van der Waals surface area contributed by atoms with E-state index in [2.05, 4.69) is 72.8 Å². The molecule has 0 bridgehead atoms. The Morgan fingerprint density at radius 1 is 0.496 bits per heavy atom. The third-order valence-corrected chi connectivity index (χ3v) is 19.9. The fraction of sp³-hybridized carbons (Fsp3) is 0.684. The molecule has 0 aliphatic rings. The predicted octanol–water partition coefficient (Wildman–Crippen LogP) is 3.29. The number of aromatic hydroxyl groups is 1. The SMILES string of the molecule is CC(C)(C)C(=O)OCOP(=O)(COCCn1cnc2c(N)ncnc21)OCOC(=O)C(C)(C)C.CCCC[C@@H](NC(=O)[C@H](N)CCCN=C(N)N)C(=O)N[C@H](CCCC)C(=O)N[C@H](CCCC)C(=O)N[C@H](CCCN=C(N)N)C(=O)N[C@H](CCCC)C(=O)N[C@H](CCCC)C(=O)N[C@H](CCCC)C(=O)NCC(=O)N[C@H](Cc1ccc(O)cc1)C(=O)O. The lowest BCUT2D eigenvalue weighted by atomic mass is 9.98. The molecule has 3 rings (SSSR count). The Morgan fingerprint density at radius 3 is 1.22 bits per heavy atom. The molecule has 121 heavy (non-hydrogen) atoms. The molecule has 9 amide bonds. The van der Waals surface area contributed by atoms with Crippen molar-refractivity contribution in [3.8, 4) is 5.75 Å². The molecule has 2 aromatic heterocycles. The second-order valence-corrected chi connectivity index (χ2v) is 33.2. The number of aliphatic imine (C=N–C) groups is 2. The zero-order valence-electron chi connectivity index (χ0n) is 72.4. The van der Waals surface area contributed by atoms with Gasteiger partial charge in [0.2, 0.25) is 66.8 Å². The number of anilines is 1. The van der Waals surface area contributed by atoms with Crippen LogP contribution in [-0.4, -0.2) is 213 Å². The van der Waals surface area contributed by atoms with Crippen molar-refractivity contribution in [2.75, 3.05) is 51.9 Å². The second-order valence-electron chi connectivity index (χ2n) is 31.2. The van der Waals surface area contributed by atoms with Crippen molar-refractivity contribution >= 4 is 108 Å². The highest BCUT2D eigenvalue weighted by Gasteiger charge is 2.36. The number of fused-ring (bicyclic) bond motifs is 1. The first-order chi connectivity index (χ1) is 57.2. The number of nitrogens with two attached hydrogens (primary N) is 6. The van der Waals surface area contributed by atoms with Crippen LogP contribution in [0.3, 0.4) is 0 Å². The highest BCUT2D eigenvalue weighted by molar-refractivity contribution is 7.53. The molecule has 0 fully saturated rings. The fourth-order valence-corrected chi connectivity index (χ4v) is 12.3. The summed E-state index contributed by atoms with van der Waals surface area (Å²) >= 11 is 0. The molecule has 41 nitrogen and oxygen atoms in total. The van der Waals surface area contributed by atoms with Gasteiger partial charge in [-0.15, -0.1) is 0 Å². The number of nitrogen functional groups attached to an aromatic ring is 1. The second kappa shape index (κ2) is 57.0. The van der Waals surface area contributed by atoms with Crippen molar-refractivity contribution < 1.29 is 95.6 Å². The molecule has 0 aliphatic carbocycles. The number of hydrogen-bond acceptors (Lipinski definition) is 26. The number of rotatable bonds is 58. The monoisotopic (exact) mass is 1730 g/mol. The van der Waals surface area contributed by atoms with Crippen LogP contribution in [0.4, 0.5) is 5.82 Å². The first-order valence-electron chi connectivity index (χ1n) is 41.5. The number of esters is 2. The maximum atomic E-state index is 14.5. The van der Waals surface area contributed by atoms with Crippen LogP contribution in [0.5, 0.6) is 5.75 Å². The smallest absolute Gasteiger partial charge is 0.361 e. The average molecular weight is 1730 g/mol. The Balaban J connectivity index is 0.00000120. The minimum Gasteiger partial charge on any atom is -0.508 e. The minimum absolute atomic E-state index is 0.0163. The van der Waals surface area contributed by atoms with Crippen LogP contribution in [0.2, 0.25) is 0 Å². The van der Waals surface area contributed by atoms with Gasteiger partial charge in [-0.25, -0.2) is 19.7 Å². The highest BCUT2D eigenvalue weighted by atomic mass is 31.2. The number of unbranched alkanes of at least 4 members (excludes halogenated alkanes) is 6. The number of phenols is 1. The Labute approximate surface area is 708 Å². The lowest BCUT2D eigenvalue weighted by Crippen LogP contribution is -2.60. The maximum absolute atomic E-state index is 14.5. The largest absolute Gasteiger partial charge is 0.508 e. The van der Waals surface area contributed by atoms with E-state index in [1.807, 2.05) is 41.5 Å². The average Bonchev–Trinajstić information content (AvgIpc) is 1.67. The number of ether oxygens (including phenoxy) is 3. The van der Waals surface area contributed by atoms with Crippen LogP contribution in [0.25, 0.3) is 11.2 Å². The number of hydrogen-bond donors (Lipinski definition) is 17. The van der Waals surface area contributed by atoms with Gasteiger partial charge < -0.3 is 111 Å². The molecular formula is C79H136N21O20P. The van der Waals surface area contributed by atoms with E-state index in [-0.39, 0.29) is 107 Å². The van der Waals surface area contributed by atoms with Crippen LogP contribution in [-0.2, 0) is 98.3 Å². The maximum Gasteiger partial charge on any atom is 0.361 e. The summed E-state index contributed by atoms with van der Waals surface area (Å²) < 4.78 is 40.7. The zero-order chi connectivity index (χ0) is 90.8. The minimum atomic E-state index is -3.95. The first-order valence-corrected chi connectivity index (χ1v) is 43.2. The van der Waals surface area contributed by atoms with Gasteiger partial charge in [0.1, 0.15) is 72.3 Å². The summed E-state index contributed by atoms with van der Waals surface area (Å²) in [5.74, 6) is -8.70. The van der Waals surface area contributed by atoms with Crippen molar-refractivity contribution in [1.29, 1.82) is 0 Å². The summed E-state index contributed by atoms with van der Waals surface area (Å²) in [6.45, 7) is 20.3. The van der Waals surface area contributed by atoms with E-state index in [4.69, 9.17) is 57.7 Å². The molecule has 0 unspecified atom stereocenters. The lowest BCUT2D eigenvalue weighted by Gasteiger charge is -2.28. The van der Waals surface area contributed by atoms with E-state index in [9.17, 15) is 72.3 Å². The van der Waals surface area contributed by atoms with Crippen molar-refractivity contribution in [1.82, 2.24) is 67.4 Å². The summed E-state index contributed by atoms with van der Waals surface area (Å²) in [6, 6.07) is -4.70. The molecule has 0 radical (unpaired) electrons. The van der Waals surface area contributed by atoms with Crippen LogP contribution < -0.4 is 82.3 Å². The number of nitrogens with one attached hydrogen (secondary N) is 9. The molecule has 23 N–H and O–H groups in total. The molecule has 0 spiro atoms. The van der Waals surface area contributed by atoms with Crippen molar-refractivity contribution in [3.05, 3.63) is 42.5 Å². The Hall–Kier alpha value is -10.4. The van der Waals surface area contributed by atoms with Gasteiger partial charge in [-0.1, -0.05) is 131 Å². The molecule has 0 aliphatic heterocycles. The fourth-order valence-electron chi connectivity index (χ4n) is 11.3. The number of aliphatic carboxylic acids is 1. The van der Waals surface area contributed by atoms with Crippen LogP contribution >= 0.6 is 7.60 Å². The van der Waals surface area contributed by atoms with E-state index in [0.717, 1.165) is 0 Å². The molecule has 9 atom stereocenters. The zero-order valence-corrected chi connectivity index (χ0v) is 73.3. The topological polar surface area (TPSA) is 641 Å². The number of imidazole rings is 1. The Kier molecular flexibility index (Phi) is 50.3. The van der Waals surface area contributed by atoms with Gasteiger partial charge in [-0.3, -0.25) is 76.3 Å². The first kappa shape index (κ1) is 107. The van der Waals surface area contributed by atoms with E-state index in [1.165, 1.54) is 36.9 Å². The van der Waals surface area contributed by atoms with E-state index in [1.54, 1.807) is 46.1 Å². The molecule has 42 heteroatoms. The quantitative estimate of drug-likeness (QED) is 0.00962. The van der Waals surface area contributed by atoms with Gasteiger partial charge in [0.25, 0.3) is 0 Å². The number of carboxylic acids is 1. The summed E-state index contributed by atoms with van der Waals surface area (Å²) in [5, 5.41) is 43.7. The van der Waals surface area contributed by atoms with Gasteiger partial charge >= 0.3 is 25.5 Å². The number of aromatic nitrogens is 4. The number of guanidine groups is 2.